The van der Waals surface area contributed by atoms with E-state index in [9.17, 15) is 9.90 Å². The second kappa shape index (κ2) is 3.57. The molecule has 1 aliphatic carbocycles. The number of hydrogen-bond acceptors (Lipinski definition) is 2. The van der Waals surface area contributed by atoms with Crippen molar-refractivity contribution in [2.45, 2.75) is 25.8 Å². The van der Waals surface area contributed by atoms with E-state index in [1.54, 1.807) is 23.1 Å². The molecule has 1 aromatic rings. The minimum Gasteiger partial charge on any atom is -0.508 e. The van der Waals surface area contributed by atoms with Gasteiger partial charge in [-0.25, -0.2) is 0 Å². The molecular formula is C12H15NO2. The normalized spacial score (nSPS) is 15.1. The number of hydrogen-bond donors (Lipinski definition) is 1. The maximum atomic E-state index is 12.0. The number of carbonyl (C=O) groups is 1. The number of nitrogens with zero attached hydrogens (tertiary/aromatic N) is 1. The molecule has 2 rings (SSSR count). The highest BCUT2D eigenvalue weighted by Crippen LogP contribution is 2.27. The third-order valence-corrected chi connectivity index (χ3v) is 2.86. The van der Waals surface area contributed by atoms with Crippen molar-refractivity contribution in [2.24, 2.45) is 0 Å². The lowest BCUT2D eigenvalue weighted by atomic mass is 10.1. The number of aromatic hydroxyl groups is 1. The molecule has 0 atom stereocenters. The van der Waals surface area contributed by atoms with Crippen LogP contribution in [-0.4, -0.2) is 29.0 Å². The van der Waals surface area contributed by atoms with Crippen molar-refractivity contribution in [3.05, 3.63) is 29.3 Å². The number of amides is 1. The maximum absolute atomic E-state index is 12.0. The van der Waals surface area contributed by atoms with E-state index in [1.165, 1.54) is 0 Å². The molecule has 1 N–H and O–H groups in total. The molecule has 1 aliphatic rings. The minimum absolute atomic E-state index is 0.0509. The van der Waals surface area contributed by atoms with E-state index in [-0.39, 0.29) is 11.7 Å². The highest BCUT2D eigenvalue weighted by molar-refractivity contribution is 5.96. The molecule has 1 fully saturated rings. The Labute approximate surface area is 89.3 Å². The number of phenolic OH excluding ortho intramolecular Hbond substituents is 1. The second-order valence-electron chi connectivity index (χ2n) is 4.15. The summed E-state index contributed by atoms with van der Waals surface area (Å²) in [6.07, 6.45) is 2.22. The van der Waals surface area contributed by atoms with Gasteiger partial charge in [0.25, 0.3) is 5.91 Å². The molecule has 0 unspecified atom stereocenters. The van der Waals surface area contributed by atoms with E-state index >= 15 is 0 Å². The Hall–Kier alpha value is -1.51. The fraction of sp³-hybridized carbons (Fsp3) is 0.417. The van der Waals surface area contributed by atoms with Crippen LogP contribution in [0, 0.1) is 6.92 Å². The zero-order chi connectivity index (χ0) is 11.0. The van der Waals surface area contributed by atoms with Gasteiger partial charge in [-0.2, -0.15) is 0 Å². The van der Waals surface area contributed by atoms with Crippen LogP contribution >= 0.6 is 0 Å². The molecule has 1 amide bonds. The van der Waals surface area contributed by atoms with Gasteiger partial charge in [-0.05, 0) is 43.5 Å². The molecule has 15 heavy (non-hydrogen) atoms. The Morgan fingerprint density at radius 2 is 2.13 bits per heavy atom. The Morgan fingerprint density at radius 1 is 1.47 bits per heavy atom. The highest BCUT2D eigenvalue weighted by Gasteiger charge is 2.30. The largest absolute Gasteiger partial charge is 0.508 e. The van der Waals surface area contributed by atoms with E-state index in [0.29, 0.717) is 11.6 Å². The van der Waals surface area contributed by atoms with Gasteiger partial charge in [-0.15, -0.1) is 0 Å². The lowest BCUT2D eigenvalue weighted by Gasteiger charge is -2.17. The summed E-state index contributed by atoms with van der Waals surface area (Å²) in [6.45, 7) is 1.84. The van der Waals surface area contributed by atoms with E-state index < -0.39 is 0 Å². The van der Waals surface area contributed by atoms with Crippen LogP contribution in [0.15, 0.2) is 18.2 Å². The zero-order valence-corrected chi connectivity index (χ0v) is 9.03. The first kappa shape index (κ1) is 10.0. The topological polar surface area (TPSA) is 40.5 Å². The average Bonchev–Trinajstić information content (AvgIpc) is 2.99. The molecule has 0 bridgehead atoms. The van der Waals surface area contributed by atoms with Gasteiger partial charge >= 0.3 is 0 Å². The monoisotopic (exact) mass is 205 g/mol. The van der Waals surface area contributed by atoms with Crippen molar-refractivity contribution >= 4 is 5.91 Å². The van der Waals surface area contributed by atoms with Gasteiger partial charge in [0.1, 0.15) is 5.75 Å². The Bertz CT molecular complexity index is 397. The molecule has 1 aromatic carbocycles. The van der Waals surface area contributed by atoms with Crippen LogP contribution in [0.1, 0.15) is 28.8 Å². The predicted octanol–water partition coefficient (Wildman–Crippen LogP) is 1.94. The Kier molecular flexibility index (Phi) is 2.39. The fourth-order valence-corrected chi connectivity index (χ4v) is 1.71. The summed E-state index contributed by atoms with van der Waals surface area (Å²) in [5.74, 6) is 0.258. The first-order chi connectivity index (χ1) is 7.09. The second-order valence-corrected chi connectivity index (χ2v) is 4.15. The third-order valence-electron chi connectivity index (χ3n) is 2.86. The SMILES string of the molecule is Cc1cc(O)ccc1C(=O)N(C)C1CC1. The van der Waals surface area contributed by atoms with Gasteiger partial charge in [-0.1, -0.05) is 0 Å². The maximum Gasteiger partial charge on any atom is 0.254 e. The van der Waals surface area contributed by atoms with Gasteiger partial charge in [0, 0.05) is 18.7 Å². The van der Waals surface area contributed by atoms with Crippen LogP contribution in [0.2, 0.25) is 0 Å². The summed E-state index contributed by atoms with van der Waals surface area (Å²) in [4.78, 5) is 13.8. The number of phenols is 1. The minimum atomic E-state index is 0.0509. The van der Waals surface area contributed by atoms with Crippen LogP contribution in [0.25, 0.3) is 0 Å². The van der Waals surface area contributed by atoms with Crippen molar-refractivity contribution in [3.8, 4) is 5.75 Å². The summed E-state index contributed by atoms with van der Waals surface area (Å²) < 4.78 is 0. The third kappa shape index (κ3) is 1.96. The van der Waals surface area contributed by atoms with Crippen LogP contribution < -0.4 is 0 Å². The molecule has 1 saturated carbocycles. The van der Waals surface area contributed by atoms with E-state index in [1.807, 2.05) is 14.0 Å². The van der Waals surface area contributed by atoms with Gasteiger partial charge in [0.15, 0.2) is 0 Å². The molecule has 0 spiro atoms. The highest BCUT2D eigenvalue weighted by atomic mass is 16.3. The Balaban J connectivity index is 2.24. The summed E-state index contributed by atoms with van der Waals surface area (Å²) >= 11 is 0. The van der Waals surface area contributed by atoms with Gasteiger partial charge in [0.2, 0.25) is 0 Å². The van der Waals surface area contributed by atoms with Gasteiger partial charge in [-0.3, -0.25) is 4.79 Å². The molecule has 0 aromatic heterocycles. The summed E-state index contributed by atoms with van der Waals surface area (Å²) in [6, 6.07) is 5.28. The van der Waals surface area contributed by atoms with Gasteiger partial charge in [0.05, 0.1) is 0 Å². The number of rotatable bonds is 2. The van der Waals surface area contributed by atoms with E-state index in [4.69, 9.17) is 0 Å². The summed E-state index contributed by atoms with van der Waals surface area (Å²) in [7, 11) is 1.84. The molecule has 0 saturated heterocycles. The first-order valence-corrected chi connectivity index (χ1v) is 5.16. The van der Waals surface area contributed by atoms with Crippen molar-refractivity contribution in [1.82, 2.24) is 4.90 Å². The van der Waals surface area contributed by atoms with Gasteiger partial charge < -0.3 is 10.0 Å². The lowest BCUT2D eigenvalue weighted by Crippen LogP contribution is -2.29. The number of aryl methyl sites for hydroxylation is 1. The standard InChI is InChI=1S/C12H15NO2/c1-8-7-10(14)5-6-11(8)12(15)13(2)9-3-4-9/h5-7,9,14H,3-4H2,1-2H3. The number of carbonyl (C=O) groups excluding carboxylic acids is 1. The van der Waals surface area contributed by atoms with Crippen molar-refractivity contribution in [2.75, 3.05) is 7.05 Å². The quantitative estimate of drug-likeness (QED) is 0.801. The summed E-state index contributed by atoms with van der Waals surface area (Å²) in [5, 5.41) is 9.25. The molecule has 0 radical (unpaired) electrons. The van der Waals surface area contributed by atoms with Crippen molar-refractivity contribution < 1.29 is 9.90 Å². The lowest BCUT2D eigenvalue weighted by molar-refractivity contribution is 0.0784. The molecule has 0 heterocycles. The van der Waals surface area contributed by atoms with E-state index in [0.717, 1.165) is 18.4 Å². The molecule has 3 nitrogen and oxygen atoms in total. The predicted molar refractivity (Wildman–Crippen MR) is 58.0 cm³/mol. The van der Waals surface area contributed by atoms with Crippen LogP contribution in [-0.2, 0) is 0 Å². The first-order valence-electron chi connectivity index (χ1n) is 5.16. The smallest absolute Gasteiger partial charge is 0.254 e. The zero-order valence-electron chi connectivity index (χ0n) is 9.03. The van der Waals surface area contributed by atoms with Crippen LogP contribution in [0.5, 0.6) is 5.75 Å². The Morgan fingerprint density at radius 3 is 2.67 bits per heavy atom. The summed E-state index contributed by atoms with van der Waals surface area (Å²) in [5.41, 5.74) is 1.51. The van der Waals surface area contributed by atoms with E-state index in [2.05, 4.69) is 0 Å². The van der Waals surface area contributed by atoms with Crippen molar-refractivity contribution in [1.29, 1.82) is 0 Å². The number of benzene rings is 1. The molecule has 80 valence electrons. The van der Waals surface area contributed by atoms with Crippen LogP contribution in [0.3, 0.4) is 0 Å². The molecule has 3 heteroatoms. The van der Waals surface area contributed by atoms with Crippen molar-refractivity contribution in [3.63, 3.8) is 0 Å². The fourth-order valence-electron chi connectivity index (χ4n) is 1.71. The molecular weight excluding hydrogens is 190 g/mol. The van der Waals surface area contributed by atoms with Crippen LogP contribution in [0.4, 0.5) is 0 Å². The molecule has 0 aliphatic heterocycles. The average molecular weight is 205 g/mol.